The van der Waals surface area contributed by atoms with Gasteiger partial charge < -0.3 is 5.11 Å². The van der Waals surface area contributed by atoms with E-state index in [1.54, 1.807) is 0 Å². The molecule has 0 radical (unpaired) electrons. The Balaban J connectivity index is 1.65. The average Bonchev–Trinajstić information content (AvgIpc) is 3.19. The highest BCUT2D eigenvalue weighted by Gasteiger charge is 2.67. The number of hydrogen-bond donors (Lipinski definition) is 1. The number of benzene rings is 1. The maximum absolute atomic E-state index is 13.0. The maximum Gasteiger partial charge on any atom is 0.327 e. The van der Waals surface area contributed by atoms with E-state index in [1.807, 2.05) is 30.3 Å². The number of hydrogen-bond acceptors (Lipinski definition) is 3. The molecule has 2 saturated carbocycles. The van der Waals surface area contributed by atoms with Gasteiger partial charge in [-0.25, -0.2) is 4.79 Å². The van der Waals surface area contributed by atoms with Gasteiger partial charge in [0.2, 0.25) is 11.8 Å². The maximum atomic E-state index is 13.0. The zero-order chi connectivity index (χ0) is 17.9. The first-order valence-electron chi connectivity index (χ1n) is 8.33. The van der Waals surface area contributed by atoms with E-state index in [0.717, 1.165) is 16.9 Å². The van der Waals surface area contributed by atoms with Crippen LogP contribution in [0.2, 0.25) is 0 Å². The smallest absolute Gasteiger partial charge is 0.327 e. The number of carbonyl (C=O) groups excluding carboxylic acids is 2. The van der Waals surface area contributed by atoms with E-state index in [0.29, 0.717) is 0 Å². The van der Waals surface area contributed by atoms with Crippen LogP contribution in [-0.2, 0) is 20.8 Å². The van der Waals surface area contributed by atoms with Crippen LogP contribution in [0.25, 0.3) is 0 Å². The zero-order valence-corrected chi connectivity index (χ0v) is 16.4. The minimum Gasteiger partial charge on any atom is -0.480 e. The number of carboxylic acids is 1. The summed E-state index contributed by atoms with van der Waals surface area (Å²) in [5.74, 6) is -2.34. The molecule has 1 aromatic carbocycles. The van der Waals surface area contributed by atoms with Gasteiger partial charge in [0.15, 0.2) is 0 Å². The number of rotatable bonds is 4. The van der Waals surface area contributed by atoms with Crippen molar-refractivity contribution in [2.75, 3.05) is 0 Å². The molecule has 1 saturated heterocycles. The second-order valence-electron chi connectivity index (χ2n) is 7.09. The van der Waals surface area contributed by atoms with Gasteiger partial charge in [0.1, 0.15) is 6.04 Å². The number of aliphatic carboxylic acids is 1. The summed E-state index contributed by atoms with van der Waals surface area (Å²) in [6, 6.07) is 7.97. The highest BCUT2D eigenvalue weighted by Crippen LogP contribution is 2.60. The third kappa shape index (κ3) is 2.50. The van der Waals surface area contributed by atoms with Gasteiger partial charge in [-0.15, -0.1) is 0 Å². The molecule has 25 heavy (non-hydrogen) atoms. The molecule has 7 atom stereocenters. The number of nitrogens with zero attached hydrogens (tertiary/aromatic N) is 1. The fourth-order valence-electron chi connectivity index (χ4n) is 4.81. The first kappa shape index (κ1) is 17.2. The fourth-order valence-corrected chi connectivity index (χ4v) is 6.68. The van der Waals surface area contributed by atoms with Gasteiger partial charge in [0.05, 0.1) is 11.8 Å². The van der Waals surface area contributed by atoms with Crippen LogP contribution in [0, 0.1) is 23.7 Å². The van der Waals surface area contributed by atoms with Gasteiger partial charge >= 0.3 is 5.97 Å². The highest BCUT2D eigenvalue weighted by molar-refractivity contribution is 9.12. The Morgan fingerprint density at radius 3 is 2.08 bits per heavy atom. The van der Waals surface area contributed by atoms with Crippen LogP contribution in [-0.4, -0.2) is 43.5 Å². The standard InChI is InChI=1S/C18H17Br2NO4/c19-14-9-7-10(15(14)20)13-12(9)16(22)21(17(13)23)11(18(24)25)6-8-4-2-1-3-5-8/h1-5,9-15H,6-7H2,(H,24,25)/t9-,10-,11+,12-,13-,14-,15+/m0/s1. The molecule has 3 aliphatic rings. The quantitative estimate of drug-likeness (QED) is 0.541. The predicted octanol–water partition coefficient (Wildman–Crippen LogP) is 2.46. The van der Waals surface area contributed by atoms with Gasteiger partial charge in [0.25, 0.3) is 0 Å². The summed E-state index contributed by atoms with van der Waals surface area (Å²) < 4.78 is 0. The van der Waals surface area contributed by atoms with Crippen LogP contribution in [0.1, 0.15) is 12.0 Å². The summed E-state index contributed by atoms with van der Waals surface area (Å²) in [6.45, 7) is 0. The number of alkyl halides is 2. The summed E-state index contributed by atoms with van der Waals surface area (Å²) in [7, 11) is 0. The van der Waals surface area contributed by atoms with Gasteiger partial charge in [-0.2, -0.15) is 0 Å². The van der Waals surface area contributed by atoms with Crippen molar-refractivity contribution in [1.82, 2.24) is 4.90 Å². The largest absolute Gasteiger partial charge is 0.480 e. The third-order valence-electron chi connectivity index (χ3n) is 5.89. The molecule has 7 heteroatoms. The highest BCUT2D eigenvalue weighted by atomic mass is 79.9. The number of imide groups is 1. The first-order chi connectivity index (χ1) is 11.9. The first-order valence-corrected chi connectivity index (χ1v) is 10.2. The molecule has 1 N–H and O–H groups in total. The Kier molecular flexibility index (Phi) is 4.27. The molecule has 2 amide bonds. The Bertz CT molecular complexity index is 708. The van der Waals surface area contributed by atoms with Crippen molar-refractivity contribution in [3.05, 3.63) is 35.9 Å². The molecular formula is C18H17Br2NO4. The lowest BCUT2D eigenvalue weighted by Crippen LogP contribution is -2.47. The Morgan fingerprint density at radius 2 is 1.60 bits per heavy atom. The van der Waals surface area contributed by atoms with Crippen molar-refractivity contribution in [3.63, 3.8) is 0 Å². The molecule has 3 fully saturated rings. The molecular weight excluding hydrogens is 454 g/mol. The summed E-state index contributed by atoms with van der Waals surface area (Å²) in [4.78, 5) is 39.1. The van der Waals surface area contributed by atoms with Crippen molar-refractivity contribution < 1.29 is 19.5 Å². The molecule has 5 nitrogen and oxygen atoms in total. The van der Waals surface area contributed by atoms with Gasteiger partial charge in [0, 0.05) is 16.1 Å². The molecule has 1 aromatic rings. The molecule has 2 bridgehead atoms. The molecule has 2 aliphatic carbocycles. The van der Waals surface area contributed by atoms with Crippen LogP contribution >= 0.6 is 31.9 Å². The zero-order valence-electron chi connectivity index (χ0n) is 13.2. The van der Waals surface area contributed by atoms with Crippen LogP contribution in [0.15, 0.2) is 30.3 Å². The number of carboxylic acid groups (broad SMARTS) is 1. The lowest BCUT2D eigenvalue weighted by atomic mass is 9.81. The topological polar surface area (TPSA) is 74.7 Å². The van der Waals surface area contributed by atoms with Crippen molar-refractivity contribution in [2.45, 2.75) is 28.5 Å². The predicted molar refractivity (Wildman–Crippen MR) is 97.4 cm³/mol. The van der Waals surface area contributed by atoms with E-state index in [-0.39, 0.29) is 51.6 Å². The summed E-state index contributed by atoms with van der Waals surface area (Å²) >= 11 is 7.28. The molecule has 132 valence electrons. The van der Waals surface area contributed by atoms with Crippen LogP contribution in [0.3, 0.4) is 0 Å². The van der Waals surface area contributed by atoms with E-state index in [4.69, 9.17) is 0 Å². The summed E-state index contributed by atoms with van der Waals surface area (Å²) in [5, 5.41) is 9.68. The second kappa shape index (κ2) is 6.20. The minimum absolute atomic E-state index is 0.0898. The molecule has 1 heterocycles. The van der Waals surface area contributed by atoms with Crippen LogP contribution in [0.5, 0.6) is 0 Å². The number of likely N-dealkylation sites (tertiary alicyclic amines) is 1. The normalized spacial score (nSPS) is 37.4. The summed E-state index contributed by atoms with van der Waals surface area (Å²) in [6.07, 6.45) is 0.973. The number of fused-ring (bicyclic) bond motifs is 5. The molecule has 4 rings (SSSR count). The van der Waals surface area contributed by atoms with E-state index >= 15 is 0 Å². The van der Waals surface area contributed by atoms with Gasteiger partial charge in [-0.05, 0) is 23.8 Å². The lowest BCUT2D eigenvalue weighted by Gasteiger charge is -2.28. The number of carbonyl (C=O) groups is 3. The van der Waals surface area contributed by atoms with Crippen molar-refractivity contribution >= 4 is 49.6 Å². The molecule has 0 spiro atoms. The fraction of sp³-hybridized carbons (Fsp3) is 0.500. The number of halogens is 2. The minimum atomic E-state index is -1.14. The molecule has 0 aromatic heterocycles. The van der Waals surface area contributed by atoms with Crippen molar-refractivity contribution in [3.8, 4) is 0 Å². The van der Waals surface area contributed by atoms with E-state index in [2.05, 4.69) is 31.9 Å². The lowest BCUT2D eigenvalue weighted by molar-refractivity contribution is -0.155. The van der Waals surface area contributed by atoms with Crippen molar-refractivity contribution in [2.24, 2.45) is 23.7 Å². The summed E-state index contributed by atoms with van der Waals surface area (Å²) in [5.41, 5.74) is 0.798. The van der Waals surface area contributed by atoms with Crippen molar-refractivity contribution in [1.29, 1.82) is 0 Å². The monoisotopic (exact) mass is 469 g/mol. The Hall–Kier alpha value is -1.21. The van der Waals surface area contributed by atoms with E-state index in [9.17, 15) is 19.5 Å². The SMILES string of the molecule is O=C(O)[C@@H](Cc1ccccc1)N1C(=O)[C@H]2[C@@H]3C[C@H]([C@@H](Br)[C@H]3Br)[C@@H]2C1=O. The Morgan fingerprint density at radius 1 is 1.08 bits per heavy atom. The van der Waals surface area contributed by atoms with Gasteiger partial charge in [-0.3, -0.25) is 14.5 Å². The molecule has 1 aliphatic heterocycles. The number of amides is 2. The third-order valence-corrected chi connectivity index (χ3v) is 9.10. The second-order valence-corrected chi connectivity index (χ2v) is 9.21. The van der Waals surface area contributed by atoms with Crippen LogP contribution in [0.4, 0.5) is 0 Å². The molecule has 0 unspecified atom stereocenters. The van der Waals surface area contributed by atoms with Crippen LogP contribution < -0.4 is 0 Å². The average molecular weight is 471 g/mol. The van der Waals surface area contributed by atoms with Gasteiger partial charge in [-0.1, -0.05) is 62.2 Å². The van der Waals surface area contributed by atoms with E-state index < -0.39 is 12.0 Å². The van der Waals surface area contributed by atoms with E-state index in [1.165, 1.54) is 0 Å². The Labute approximate surface area is 162 Å².